The van der Waals surface area contributed by atoms with E-state index in [2.05, 4.69) is 11.4 Å². The Hall–Kier alpha value is -2.37. The molecule has 1 saturated carbocycles. The highest BCUT2D eigenvalue weighted by molar-refractivity contribution is 5.81. The first kappa shape index (κ1) is 17.5. The van der Waals surface area contributed by atoms with Gasteiger partial charge in [0, 0.05) is 20.5 Å². The third-order valence-corrected chi connectivity index (χ3v) is 5.35. The van der Waals surface area contributed by atoms with E-state index in [1.54, 1.807) is 18.7 Å². The van der Waals surface area contributed by atoms with E-state index < -0.39 is 6.04 Å². The smallest absolute Gasteiger partial charge is 0.329 e. The van der Waals surface area contributed by atoms with E-state index in [1.165, 1.54) is 23.8 Å². The minimum atomic E-state index is -0.632. The molecule has 134 valence electrons. The highest BCUT2D eigenvalue weighted by atomic mass is 16.2. The quantitative estimate of drug-likeness (QED) is 0.781. The summed E-state index contributed by atoms with van der Waals surface area (Å²) in [6.07, 6.45) is 6.04. The van der Waals surface area contributed by atoms with Crippen LogP contribution in [0.3, 0.4) is 0 Å². The zero-order valence-corrected chi connectivity index (χ0v) is 14.8. The van der Waals surface area contributed by atoms with Gasteiger partial charge >= 0.3 is 5.69 Å². The number of benzene rings is 1. The summed E-state index contributed by atoms with van der Waals surface area (Å²) in [7, 11) is 3.32. The van der Waals surface area contributed by atoms with Gasteiger partial charge < -0.3 is 10.1 Å². The Morgan fingerprint density at radius 2 is 2.16 bits per heavy atom. The lowest BCUT2D eigenvalue weighted by molar-refractivity contribution is -0.121. The number of amides is 1. The molecule has 1 unspecified atom stereocenters. The van der Waals surface area contributed by atoms with Crippen molar-refractivity contribution in [3.63, 3.8) is 0 Å². The van der Waals surface area contributed by atoms with Crippen LogP contribution < -0.4 is 11.0 Å². The molecule has 25 heavy (non-hydrogen) atoms. The third kappa shape index (κ3) is 3.25. The summed E-state index contributed by atoms with van der Waals surface area (Å²) in [6.45, 7) is 0. The first-order valence-corrected chi connectivity index (χ1v) is 8.91. The number of para-hydroxylation sites is 1. The van der Waals surface area contributed by atoms with Gasteiger partial charge in [-0.25, -0.2) is 4.79 Å². The summed E-state index contributed by atoms with van der Waals surface area (Å²) < 4.78 is 3.18. The van der Waals surface area contributed by atoms with Gasteiger partial charge in [-0.1, -0.05) is 31.4 Å². The largest absolute Gasteiger partial charge is 0.359 e. The van der Waals surface area contributed by atoms with E-state index in [0.717, 1.165) is 29.3 Å². The third-order valence-electron chi connectivity index (χ3n) is 5.35. The Labute approximate surface area is 146 Å². The van der Waals surface area contributed by atoms with Crippen LogP contribution in [0, 0.1) is 5.92 Å². The normalized spacial score (nSPS) is 15.8. The van der Waals surface area contributed by atoms with Crippen molar-refractivity contribution < 1.29 is 9.59 Å². The molecule has 0 spiro atoms. The van der Waals surface area contributed by atoms with Gasteiger partial charge in [0.2, 0.25) is 5.91 Å². The maximum absolute atomic E-state index is 12.8. The van der Waals surface area contributed by atoms with Gasteiger partial charge in [0.05, 0.1) is 17.1 Å². The zero-order chi connectivity index (χ0) is 18.0. The molecule has 1 aromatic heterocycles. The van der Waals surface area contributed by atoms with Crippen molar-refractivity contribution in [1.82, 2.24) is 14.5 Å². The van der Waals surface area contributed by atoms with Gasteiger partial charge in [0.1, 0.15) is 6.29 Å². The van der Waals surface area contributed by atoms with E-state index in [9.17, 15) is 14.4 Å². The summed E-state index contributed by atoms with van der Waals surface area (Å²) in [6, 6.07) is 5.28. The number of carbonyl (C=O) groups excluding carboxylic acids is 2. The van der Waals surface area contributed by atoms with E-state index in [-0.39, 0.29) is 18.0 Å². The van der Waals surface area contributed by atoms with E-state index in [4.69, 9.17) is 0 Å². The number of carbonyl (C=O) groups is 2. The van der Waals surface area contributed by atoms with Crippen LogP contribution in [0.4, 0.5) is 0 Å². The van der Waals surface area contributed by atoms with Crippen molar-refractivity contribution in [2.75, 3.05) is 7.05 Å². The van der Waals surface area contributed by atoms with Gasteiger partial charge in [-0.05, 0) is 30.4 Å². The van der Waals surface area contributed by atoms with Crippen LogP contribution >= 0.6 is 0 Å². The number of nitrogens with one attached hydrogen (secondary N) is 1. The summed E-state index contributed by atoms with van der Waals surface area (Å²) in [4.78, 5) is 35.9. The minimum Gasteiger partial charge on any atom is -0.359 e. The van der Waals surface area contributed by atoms with E-state index in [0.29, 0.717) is 12.3 Å². The topological polar surface area (TPSA) is 73.1 Å². The predicted molar refractivity (Wildman–Crippen MR) is 96.6 cm³/mol. The fourth-order valence-corrected chi connectivity index (χ4v) is 3.67. The fourth-order valence-electron chi connectivity index (χ4n) is 3.67. The monoisotopic (exact) mass is 343 g/mol. The van der Waals surface area contributed by atoms with Crippen molar-refractivity contribution in [2.45, 2.75) is 44.6 Å². The van der Waals surface area contributed by atoms with Crippen LogP contribution in [0.5, 0.6) is 0 Å². The molecule has 1 N–H and O–H groups in total. The second-order valence-corrected chi connectivity index (χ2v) is 6.91. The van der Waals surface area contributed by atoms with Crippen molar-refractivity contribution in [3.8, 4) is 0 Å². The van der Waals surface area contributed by atoms with Gasteiger partial charge in [0.25, 0.3) is 0 Å². The second-order valence-electron chi connectivity index (χ2n) is 6.91. The predicted octanol–water partition coefficient (Wildman–Crippen LogP) is 1.95. The fraction of sp³-hybridized carbons (Fsp3) is 0.526. The highest BCUT2D eigenvalue weighted by Crippen LogP contribution is 2.32. The minimum absolute atomic E-state index is 0.134. The molecule has 6 nitrogen and oxygen atoms in total. The molecule has 0 bridgehead atoms. The zero-order valence-electron chi connectivity index (χ0n) is 14.8. The molecule has 1 aliphatic carbocycles. The molecule has 6 heteroatoms. The lowest BCUT2D eigenvalue weighted by atomic mass is 9.81. The van der Waals surface area contributed by atoms with E-state index in [1.807, 2.05) is 12.1 Å². The Balaban J connectivity index is 2.01. The average molecular weight is 343 g/mol. The Bertz CT molecular complexity index is 845. The van der Waals surface area contributed by atoms with Gasteiger partial charge in [-0.15, -0.1) is 0 Å². The number of nitrogens with zero attached hydrogens (tertiary/aromatic N) is 2. The number of aldehydes is 1. The maximum Gasteiger partial charge on any atom is 0.329 e. The van der Waals surface area contributed by atoms with E-state index >= 15 is 0 Å². The summed E-state index contributed by atoms with van der Waals surface area (Å²) in [5, 5.41) is 2.55. The molecule has 0 radical (unpaired) electrons. The number of imidazole rings is 1. The molecule has 0 aliphatic heterocycles. The van der Waals surface area contributed by atoms with Crippen molar-refractivity contribution in [1.29, 1.82) is 0 Å². The van der Waals surface area contributed by atoms with Gasteiger partial charge in [-0.2, -0.15) is 0 Å². The molecule has 2 aromatic rings. The van der Waals surface area contributed by atoms with Crippen molar-refractivity contribution >= 4 is 23.2 Å². The van der Waals surface area contributed by atoms with Crippen LogP contribution in [0.1, 0.15) is 43.7 Å². The summed E-state index contributed by atoms with van der Waals surface area (Å²) >= 11 is 0. The summed E-state index contributed by atoms with van der Waals surface area (Å²) in [5.74, 6) is 0.560. The number of aromatic nitrogens is 2. The van der Waals surface area contributed by atoms with Crippen LogP contribution in [-0.4, -0.2) is 28.4 Å². The molecular weight excluding hydrogens is 318 g/mol. The number of fused-ring (bicyclic) bond motifs is 1. The number of rotatable bonds is 7. The highest BCUT2D eigenvalue weighted by Gasteiger charge is 2.23. The van der Waals surface area contributed by atoms with Crippen LogP contribution in [0.15, 0.2) is 23.0 Å². The molecule has 1 atom stereocenters. The standard InChI is InChI=1S/C19H25N3O3/c1-20-17(24)10-9-15(12-23)22-16-8-4-7-14(11-13-5-3-6-13)18(16)21(2)19(22)25/h4,7-8,12-13,15H,3,5-6,9-11H2,1-2H3,(H,20,24). The first-order chi connectivity index (χ1) is 12.1. The van der Waals surface area contributed by atoms with Crippen molar-refractivity contribution in [2.24, 2.45) is 13.0 Å². The SMILES string of the molecule is CNC(=O)CCC(C=O)n1c(=O)n(C)c2c(CC3CCC3)cccc21. The number of hydrogen-bond acceptors (Lipinski definition) is 3. The molecule has 1 amide bonds. The molecular formula is C19H25N3O3. The number of aryl methyl sites for hydroxylation is 1. The van der Waals surface area contributed by atoms with Gasteiger partial charge in [-0.3, -0.25) is 13.9 Å². The average Bonchev–Trinajstić information content (AvgIpc) is 2.84. The van der Waals surface area contributed by atoms with Gasteiger partial charge in [0.15, 0.2) is 0 Å². The first-order valence-electron chi connectivity index (χ1n) is 8.91. The lowest BCUT2D eigenvalue weighted by Gasteiger charge is -2.25. The maximum atomic E-state index is 12.8. The Morgan fingerprint density at radius 3 is 2.76 bits per heavy atom. The molecule has 0 saturated heterocycles. The molecule has 1 fully saturated rings. The Morgan fingerprint density at radius 1 is 1.40 bits per heavy atom. The number of hydrogen-bond donors (Lipinski definition) is 1. The molecule has 3 rings (SSSR count). The van der Waals surface area contributed by atoms with Crippen LogP contribution in [-0.2, 0) is 23.1 Å². The van der Waals surface area contributed by atoms with Crippen LogP contribution in [0.25, 0.3) is 11.0 Å². The van der Waals surface area contributed by atoms with Crippen molar-refractivity contribution in [3.05, 3.63) is 34.2 Å². The molecule has 1 heterocycles. The molecule has 1 aliphatic rings. The lowest BCUT2D eigenvalue weighted by Crippen LogP contribution is -2.28. The summed E-state index contributed by atoms with van der Waals surface area (Å²) in [5.41, 5.74) is 2.64. The Kier molecular flexibility index (Phi) is 5.06. The molecule has 1 aromatic carbocycles. The van der Waals surface area contributed by atoms with Crippen LogP contribution in [0.2, 0.25) is 0 Å². The second kappa shape index (κ2) is 7.25.